The summed E-state index contributed by atoms with van der Waals surface area (Å²) >= 11 is 0. The summed E-state index contributed by atoms with van der Waals surface area (Å²) in [5.74, 6) is 0. The van der Waals surface area contributed by atoms with E-state index in [0.29, 0.717) is 52.9 Å². The van der Waals surface area contributed by atoms with Crippen LogP contribution in [0.4, 0.5) is 0 Å². The highest BCUT2D eigenvalue weighted by molar-refractivity contribution is 4.66. The zero-order chi connectivity index (χ0) is 64.5. The molecule has 530 valence electrons. The van der Waals surface area contributed by atoms with Gasteiger partial charge in [0.2, 0.25) is 0 Å². The maximum atomic E-state index is 13.0. The van der Waals surface area contributed by atoms with Gasteiger partial charge in [0.05, 0.1) is 13.2 Å². The van der Waals surface area contributed by atoms with E-state index in [1.54, 1.807) is 0 Å². The number of nitrogens with zero attached hydrogens (tertiary/aromatic N) is 2. The van der Waals surface area contributed by atoms with Gasteiger partial charge in [-0.15, -0.1) is 0 Å². The fraction of sp³-hybridized carbons (Fsp3) is 1.00. The van der Waals surface area contributed by atoms with Crippen molar-refractivity contribution in [2.45, 2.75) is 447 Å². The molecule has 88 heavy (non-hydrogen) atoms. The molecule has 0 aromatic rings. The first-order valence-electron chi connectivity index (χ1n) is 39.7. The Bertz CT molecular complexity index is 1240. The Labute approximate surface area is 550 Å². The monoisotopic (exact) mass is 1260 g/mol. The van der Waals surface area contributed by atoms with E-state index in [9.17, 15) is 5.11 Å². The molecule has 0 aromatic heterocycles. The fourth-order valence-electron chi connectivity index (χ4n) is 12.7. The Morgan fingerprint density at radius 2 is 0.386 bits per heavy atom. The van der Waals surface area contributed by atoms with E-state index in [4.69, 9.17) is 38.3 Å². The zero-order valence-electron chi connectivity index (χ0n) is 61.5. The summed E-state index contributed by atoms with van der Waals surface area (Å²) in [5.41, 5.74) is 0. The van der Waals surface area contributed by atoms with Gasteiger partial charge in [-0.25, -0.2) is 0 Å². The summed E-state index contributed by atoms with van der Waals surface area (Å²) in [6.45, 7) is 27.5. The lowest BCUT2D eigenvalue weighted by Crippen LogP contribution is -2.80. The minimum absolute atomic E-state index is 0.355. The fourth-order valence-corrected chi connectivity index (χ4v) is 12.7. The molecule has 0 aliphatic heterocycles. The molecule has 0 spiro atoms. The smallest absolute Gasteiger partial charge is 0.367 e. The zero-order valence-corrected chi connectivity index (χ0v) is 61.5. The number of aliphatic hydroxyl groups is 1. The number of hydroxylamine groups is 8. The van der Waals surface area contributed by atoms with Crippen LogP contribution >= 0.6 is 0 Å². The standard InChI is InChI=1S/C77H160N2O9/c1-12-20-24-28-32-36-40-44-48-52-56-60-68-81-73(10)76(83-70-62-58-54-50-46-42-38-34-30-26-22-14-3)78(85-64-16-5,86-65-17-6)75(72(9)80)79(87-66-18-7,88-67-19-8)77(84-71-63-59-55-51-47-43-39-35-31-27-23-15-4)74(11)82-69-61-57-53-49-45-41-37-33-29-25-21-13-2/h72-77,80H,12-71H2,1-11H3/q+2. The number of quaternary nitrogens is 2. The molecule has 0 fully saturated rings. The van der Waals surface area contributed by atoms with Gasteiger partial charge in [0.1, 0.15) is 38.6 Å². The average molecular weight is 1260 g/mol. The summed E-state index contributed by atoms with van der Waals surface area (Å²) in [4.78, 5) is 28.4. The van der Waals surface area contributed by atoms with Crippen molar-refractivity contribution in [2.75, 3.05) is 52.9 Å². The van der Waals surface area contributed by atoms with Crippen molar-refractivity contribution < 1.29 is 53.0 Å². The third kappa shape index (κ3) is 45.8. The molecule has 0 amide bonds. The molecular formula is C77H160N2O9+2. The Hall–Kier alpha value is -0.440. The van der Waals surface area contributed by atoms with Crippen LogP contribution < -0.4 is 0 Å². The van der Waals surface area contributed by atoms with Crippen molar-refractivity contribution in [1.82, 2.24) is 0 Å². The molecule has 0 aliphatic rings. The van der Waals surface area contributed by atoms with Crippen molar-refractivity contribution in [2.24, 2.45) is 0 Å². The number of rotatable bonds is 75. The molecule has 11 nitrogen and oxygen atoms in total. The quantitative estimate of drug-likeness (QED) is 0.0277. The van der Waals surface area contributed by atoms with Crippen LogP contribution in [0.2, 0.25) is 0 Å². The van der Waals surface area contributed by atoms with Gasteiger partial charge in [-0.05, 0) is 72.1 Å². The molecule has 5 atom stereocenters. The minimum atomic E-state index is -1.09. The van der Waals surface area contributed by atoms with Crippen LogP contribution in [0.3, 0.4) is 0 Å². The molecule has 0 bridgehead atoms. The number of unbranched alkanes of at least 4 members (excludes halogenated alkanes) is 44. The second kappa shape index (κ2) is 66.6. The Balaban J connectivity index is 7.24. The molecule has 0 radical (unpaired) electrons. The summed E-state index contributed by atoms with van der Waals surface area (Å²) < 4.78 is 28.6. The van der Waals surface area contributed by atoms with Gasteiger partial charge in [0.15, 0.2) is 6.10 Å². The molecule has 0 aromatic carbocycles. The SMILES string of the molecule is CCCCCCCCCCCCCCOC(C)C(OCCCCCCCCCCCCCC)[N+](OCCC)(OCCC)C(C(C)O)[N+](OCCC)(OCCC)C(OCCCCCCCCCCCCCC)C(C)OCCCCCCCCCCCCCC. The van der Waals surface area contributed by atoms with Crippen LogP contribution in [0, 0.1) is 0 Å². The van der Waals surface area contributed by atoms with Gasteiger partial charge in [-0.2, -0.15) is 19.4 Å². The van der Waals surface area contributed by atoms with Crippen LogP contribution in [0.15, 0.2) is 0 Å². The lowest BCUT2D eigenvalue weighted by atomic mass is 10.1. The maximum absolute atomic E-state index is 13.0. The van der Waals surface area contributed by atoms with Gasteiger partial charge in [-0.3, -0.25) is 0 Å². The molecule has 0 rings (SSSR count). The third-order valence-corrected chi connectivity index (χ3v) is 18.0. The lowest BCUT2D eigenvalue weighted by Gasteiger charge is -2.51. The second-order valence-corrected chi connectivity index (χ2v) is 27.0. The van der Waals surface area contributed by atoms with Gasteiger partial charge in [0, 0.05) is 22.8 Å². The van der Waals surface area contributed by atoms with E-state index in [-0.39, 0.29) is 0 Å². The Morgan fingerprint density at radius 1 is 0.216 bits per heavy atom. The van der Waals surface area contributed by atoms with E-state index in [0.717, 1.165) is 77.0 Å². The van der Waals surface area contributed by atoms with Crippen LogP contribution in [0.25, 0.3) is 0 Å². The van der Waals surface area contributed by atoms with Crippen LogP contribution in [0.5, 0.6) is 0 Å². The summed E-state index contributed by atoms with van der Waals surface area (Å²) in [5, 5.41) is 13.0. The number of aliphatic hydroxyl groups excluding tert-OH is 1. The van der Waals surface area contributed by atoms with Crippen molar-refractivity contribution in [3.05, 3.63) is 0 Å². The number of hydrogen-bond donors (Lipinski definition) is 1. The van der Waals surface area contributed by atoms with Crippen molar-refractivity contribution in [3.8, 4) is 0 Å². The van der Waals surface area contributed by atoms with E-state index >= 15 is 0 Å². The molecule has 11 heteroatoms. The lowest BCUT2D eigenvalue weighted by molar-refractivity contribution is -1.43. The summed E-state index contributed by atoms with van der Waals surface area (Å²) in [6, 6.07) is 0. The minimum Gasteiger partial charge on any atom is -0.381 e. The maximum Gasteiger partial charge on any atom is 0.367 e. The highest BCUT2D eigenvalue weighted by Crippen LogP contribution is 2.40. The van der Waals surface area contributed by atoms with Gasteiger partial charge < -0.3 is 24.1 Å². The van der Waals surface area contributed by atoms with E-state index in [1.807, 2.05) is 6.92 Å². The van der Waals surface area contributed by atoms with Crippen molar-refractivity contribution >= 4 is 0 Å². The topological polar surface area (TPSA) is 94.1 Å². The predicted octanol–water partition coefficient (Wildman–Crippen LogP) is 24.0. The van der Waals surface area contributed by atoms with Crippen LogP contribution in [-0.2, 0) is 38.3 Å². The molecule has 0 saturated heterocycles. The van der Waals surface area contributed by atoms with Crippen molar-refractivity contribution in [1.29, 1.82) is 0 Å². The Morgan fingerprint density at radius 3 is 0.557 bits per heavy atom. The highest BCUT2D eigenvalue weighted by Gasteiger charge is 2.71. The largest absolute Gasteiger partial charge is 0.381 e. The molecule has 5 unspecified atom stereocenters. The van der Waals surface area contributed by atoms with E-state index in [2.05, 4.69) is 69.2 Å². The molecule has 1 N–H and O–H groups in total. The predicted molar refractivity (Wildman–Crippen MR) is 376 cm³/mol. The number of hydrogen-bond acceptors (Lipinski definition) is 9. The van der Waals surface area contributed by atoms with Crippen molar-refractivity contribution in [3.63, 3.8) is 0 Å². The first kappa shape index (κ1) is 87.6. The normalized spacial score (nSPS) is 14.5. The summed E-state index contributed by atoms with van der Waals surface area (Å²) in [7, 11) is 0. The first-order chi connectivity index (χ1) is 43.2. The average Bonchev–Trinajstić information content (AvgIpc) is 1.12. The van der Waals surface area contributed by atoms with Gasteiger partial charge >= 0.3 is 6.17 Å². The first-order valence-corrected chi connectivity index (χ1v) is 39.7. The van der Waals surface area contributed by atoms with Crippen LogP contribution in [-0.4, -0.2) is 105 Å². The molecular weight excluding hydrogens is 1100 g/mol. The second-order valence-electron chi connectivity index (χ2n) is 27.0. The number of ether oxygens (including phenoxy) is 4. The molecule has 0 saturated carbocycles. The molecule has 0 heterocycles. The Kier molecular flexibility index (Phi) is 66.2. The van der Waals surface area contributed by atoms with Gasteiger partial charge in [0.25, 0.3) is 12.5 Å². The highest BCUT2D eigenvalue weighted by atomic mass is 17.1. The third-order valence-electron chi connectivity index (χ3n) is 18.0. The summed E-state index contributed by atoms with van der Waals surface area (Å²) in [6.07, 6.45) is 59.6. The van der Waals surface area contributed by atoms with Crippen LogP contribution in [0.1, 0.15) is 410 Å². The van der Waals surface area contributed by atoms with Gasteiger partial charge in [-0.1, -0.05) is 338 Å². The van der Waals surface area contributed by atoms with E-state index in [1.165, 1.54) is 257 Å². The molecule has 0 aliphatic carbocycles. The van der Waals surface area contributed by atoms with E-state index < -0.39 is 46.6 Å².